The molecular weight excluding hydrogens is 404 g/mol. The van der Waals surface area contributed by atoms with Crippen molar-refractivity contribution in [2.45, 2.75) is 45.8 Å². The number of benzene rings is 2. The Bertz CT molecular complexity index is 841. The molecule has 162 valence electrons. The summed E-state index contributed by atoms with van der Waals surface area (Å²) in [5.41, 5.74) is 0.859. The molecule has 0 spiro atoms. The van der Waals surface area contributed by atoms with Crippen LogP contribution in [0.25, 0.3) is 0 Å². The van der Waals surface area contributed by atoms with E-state index in [1.54, 1.807) is 38.3 Å². The van der Waals surface area contributed by atoms with E-state index in [9.17, 15) is 9.59 Å². The maximum absolute atomic E-state index is 13.0. The van der Waals surface area contributed by atoms with Gasteiger partial charge in [-0.25, -0.2) is 0 Å². The second-order valence-corrected chi connectivity index (χ2v) is 7.55. The molecule has 2 amide bonds. The molecule has 0 fully saturated rings. The fourth-order valence-electron chi connectivity index (χ4n) is 2.77. The molecule has 0 aliphatic carbocycles. The molecule has 0 aliphatic rings. The average Bonchev–Trinajstić information content (AvgIpc) is 2.76. The van der Waals surface area contributed by atoms with E-state index in [-0.39, 0.29) is 31.0 Å². The maximum atomic E-state index is 13.0. The Labute approximate surface area is 183 Å². The molecule has 0 saturated heterocycles. The molecule has 0 radical (unpaired) electrons. The molecule has 0 bridgehead atoms. The first-order valence-electron chi connectivity index (χ1n) is 9.95. The number of rotatable bonds is 10. The largest absolute Gasteiger partial charge is 0.497 e. The Kier molecular flexibility index (Phi) is 8.99. The van der Waals surface area contributed by atoms with Crippen LogP contribution in [0.2, 0.25) is 5.02 Å². The van der Waals surface area contributed by atoms with Crippen molar-refractivity contribution in [2.24, 2.45) is 0 Å². The van der Waals surface area contributed by atoms with E-state index in [1.165, 1.54) is 4.90 Å². The molecule has 1 N–H and O–H groups in total. The van der Waals surface area contributed by atoms with Gasteiger partial charge in [0.25, 0.3) is 5.91 Å². The quantitative estimate of drug-likeness (QED) is 0.614. The molecule has 0 saturated carbocycles. The third-order valence-corrected chi connectivity index (χ3v) is 5.08. The summed E-state index contributed by atoms with van der Waals surface area (Å²) >= 11 is 5.88. The van der Waals surface area contributed by atoms with Gasteiger partial charge in [0.15, 0.2) is 6.61 Å². The fourth-order valence-corrected chi connectivity index (χ4v) is 2.90. The zero-order valence-corrected chi connectivity index (χ0v) is 18.6. The van der Waals surface area contributed by atoms with Gasteiger partial charge in [-0.1, -0.05) is 30.7 Å². The Hall–Kier alpha value is -2.73. The van der Waals surface area contributed by atoms with Crippen LogP contribution in [0.5, 0.6) is 11.5 Å². The van der Waals surface area contributed by atoms with E-state index >= 15 is 0 Å². The van der Waals surface area contributed by atoms with Crippen molar-refractivity contribution in [1.29, 1.82) is 0 Å². The van der Waals surface area contributed by atoms with Gasteiger partial charge in [0.05, 0.1) is 7.11 Å². The normalized spacial score (nSPS) is 12.6. The standard InChI is InChI=1S/C23H29ClN2O4/c1-5-16(2)25-23(28)17(3)26(14-18-7-6-8-21(13-18)29-4)22(27)15-30-20-11-9-19(24)10-12-20/h6-13,16-17H,5,14-15H2,1-4H3,(H,25,28). The van der Waals surface area contributed by atoms with Gasteiger partial charge in [-0.05, 0) is 62.2 Å². The molecule has 2 aromatic rings. The SMILES string of the molecule is CCC(C)NC(=O)C(C)N(Cc1cccc(OC)c1)C(=O)COc1ccc(Cl)cc1. The van der Waals surface area contributed by atoms with Gasteiger partial charge in [0.1, 0.15) is 17.5 Å². The van der Waals surface area contributed by atoms with E-state index in [2.05, 4.69) is 5.32 Å². The zero-order chi connectivity index (χ0) is 22.1. The number of hydrogen-bond acceptors (Lipinski definition) is 4. The summed E-state index contributed by atoms with van der Waals surface area (Å²) in [5.74, 6) is 0.728. The molecular formula is C23H29ClN2O4. The first-order valence-corrected chi connectivity index (χ1v) is 10.3. The molecule has 7 heteroatoms. The minimum atomic E-state index is -0.661. The van der Waals surface area contributed by atoms with Gasteiger partial charge in [-0.2, -0.15) is 0 Å². The van der Waals surface area contributed by atoms with Crippen molar-refractivity contribution in [1.82, 2.24) is 10.2 Å². The van der Waals surface area contributed by atoms with Crippen LogP contribution in [-0.4, -0.2) is 42.5 Å². The minimum Gasteiger partial charge on any atom is -0.497 e. The predicted molar refractivity (Wildman–Crippen MR) is 118 cm³/mol. The Morgan fingerprint density at radius 2 is 1.80 bits per heavy atom. The van der Waals surface area contributed by atoms with Crippen LogP contribution < -0.4 is 14.8 Å². The monoisotopic (exact) mass is 432 g/mol. The average molecular weight is 433 g/mol. The van der Waals surface area contributed by atoms with Crippen molar-refractivity contribution >= 4 is 23.4 Å². The molecule has 2 atom stereocenters. The van der Waals surface area contributed by atoms with Gasteiger partial charge >= 0.3 is 0 Å². The number of carbonyl (C=O) groups excluding carboxylic acids is 2. The van der Waals surface area contributed by atoms with Gasteiger partial charge in [-0.3, -0.25) is 9.59 Å². The third kappa shape index (κ3) is 6.95. The Morgan fingerprint density at radius 3 is 2.43 bits per heavy atom. The highest BCUT2D eigenvalue weighted by Gasteiger charge is 2.27. The Balaban J connectivity index is 2.16. The lowest BCUT2D eigenvalue weighted by Gasteiger charge is -2.29. The van der Waals surface area contributed by atoms with Crippen LogP contribution in [0.4, 0.5) is 0 Å². The number of amides is 2. The first kappa shape index (κ1) is 23.5. The van der Waals surface area contributed by atoms with E-state index in [1.807, 2.05) is 38.1 Å². The van der Waals surface area contributed by atoms with Gasteiger partial charge < -0.3 is 19.7 Å². The summed E-state index contributed by atoms with van der Waals surface area (Å²) < 4.78 is 10.9. The topological polar surface area (TPSA) is 67.9 Å². The number of carbonyl (C=O) groups is 2. The highest BCUT2D eigenvalue weighted by Crippen LogP contribution is 2.18. The third-order valence-electron chi connectivity index (χ3n) is 4.83. The number of ether oxygens (including phenoxy) is 2. The zero-order valence-electron chi connectivity index (χ0n) is 17.9. The maximum Gasteiger partial charge on any atom is 0.261 e. The van der Waals surface area contributed by atoms with Crippen LogP contribution in [0.15, 0.2) is 48.5 Å². The molecule has 2 aromatic carbocycles. The van der Waals surface area contributed by atoms with Crippen molar-refractivity contribution in [2.75, 3.05) is 13.7 Å². The van der Waals surface area contributed by atoms with Gasteiger partial charge in [-0.15, -0.1) is 0 Å². The lowest BCUT2D eigenvalue weighted by Crippen LogP contribution is -2.50. The van der Waals surface area contributed by atoms with Gasteiger partial charge in [0, 0.05) is 17.6 Å². The molecule has 0 aliphatic heterocycles. The van der Waals surface area contributed by atoms with Crippen LogP contribution >= 0.6 is 11.6 Å². The Morgan fingerprint density at radius 1 is 1.10 bits per heavy atom. The summed E-state index contributed by atoms with van der Waals surface area (Å²) in [7, 11) is 1.59. The minimum absolute atomic E-state index is 0.0269. The first-order chi connectivity index (χ1) is 14.3. The van der Waals surface area contributed by atoms with Crippen molar-refractivity contribution in [3.63, 3.8) is 0 Å². The summed E-state index contributed by atoms with van der Waals surface area (Å²) in [4.78, 5) is 27.2. The summed E-state index contributed by atoms with van der Waals surface area (Å²) in [6.45, 7) is 5.72. The van der Waals surface area contributed by atoms with Crippen LogP contribution in [0.1, 0.15) is 32.8 Å². The number of methoxy groups -OCH3 is 1. The lowest BCUT2D eigenvalue weighted by atomic mass is 10.1. The molecule has 2 rings (SSSR count). The number of nitrogens with zero attached hydrogens (tertiary/aromatic N) is 1. The summed E-state index contributed by atoms with van der Waals surface area (Å²) in [5, 5.41) is 3.53. The lowest BCUT2D eigenvalue weighted by molar-refractivity contribution is -0.142. The number of hydrogen-bond donors (Lipinski definition) is 1. The molecule has 30 heavy (non-hydrogen) atoms. The highest BCUT2D eigenvalue weighted by molar-refractivity contribution is 6.30. The molecule has 0 heterocycles. The summed E-state index contributed by atoms with van der Waals surface area (Å²) in [6, 6.07) is 13.6. The molecule has 0 aromatic heterocycles. The molecule has 6 nitrogen and oxygen atoms in total. The fraction of sp³-hybridized carbons (Fsp3) is 0.391. The number of halogens is 1. The van der Waals surface area contributed by atoms with E-state index in [0.717, 1.165) is 12.0 Å². The predicted octanol–water partition coefficient (Wildman–Crippen LogP) is 4.06. The smallest absolute Gasteiger partial charge is 0.261 e. The second-order valence-electron chi connectivity index (χ2n) is 7.11. The van der Waals surface area contributed by atoms with Crippen LogP contribution in [-0.2, 0) is 16.1 Å². The molecule has 2 unspecified atom stereocenters. The highest BCUT2D eigenvalue weighted by atomic mass is 35.5. The van der Waals surface area contributed by atoms with E-state index in [4.69, 9.17) is 21.1 Å². The van der Waals surface area contributed by atoms with Gasteiger partial charge in [0.2, 0.25) is 5.91 Å². The van der Waals surface area contributed by atoms with Crippen LogP contribution in [0.3, 0.4) is 0 Å². The van der Waals surface area contributed by atoms with E-state index in [0.29, 0.717) is 16.5 Å². The van der Waals surface area contributed by atoms with Crippen molar-refractivity contribution < 1.29 is 19.1 Å². The van der Waals surface area contributed by atoms with E-state index < -0.39 is 6.04 Å². The van der Waals surface area contributed by atoms with Crippen LogP contribution in [0, 0.1) is 0 Å². The number of nitrogens with one attached hydrogen (secondary N) is 1. The summed E-state index contributed by atoms with van der Waals surface area (Å²) in [6.07, 6.45) is 0.808. The second kappa shape index (κ2) is 11.5. The van der Waals surface area contributed by atoms with Crippen molar-refractivity contribution in [3.8, 4) is 11.5 Å². The van der Waals surface area contributed by atoms with Crippen molar-refractivity contribution in [3.05, 3.63) is 59.1 Å².